The summed E-state index contributed by atoms with van der Waals surface area (Å²) in [7, 11) is -3.37. The summed E-state index contributed by atoms with van der Waals surface area (Å²) < 4.78 is 24.9. The maximum absolute atomic E-state index is 13.3. The van der Waals surface area contributed by atoms with Crippen molar-refractivity contribution in [2.75, 3.05) is 0 Å². The molecule has 0 spiro atoms. The molecule has 0 aliphatic rings. The van der Waals surface area contributed by atoms with Gasteiger partial charge in [-0.05, 0) is 52.7 Å². The van der Waals surface area contributed by atoms with Crippen molar-refractivity contribution in [1.29, 1.82) is 0 Å². The topological polar surface area (TPSA) is 72.8 Å². The molecule has 0 saturated carbocycles. The van der Waals surface area contributed by atoms with E-state index in [0.29, 0.717) is 0 Å². The number of hydrogen-bond acceptors (Lipinski definition) is 4. The highest BCUT2D eigenvalue weighted by Crippen LogP contribution is 2.56. The molecule has 5 nitrogen and oxygen atoms in total. The lowest BCUT2D eigenvalue weighted by molar-refractivity contribution is -0.137. The van der Waals surface area contributed by atoms with E-state index < -0.39 is 24.8 Å². The minimum absolute atomic E-state index is 0.0123. The first-order valence-electron chi connectivity index (χ1n) is 8.67. The predicted molar refractivity (Wildman–Crippen MR) is 105 cm³/mol. The fourth-order valence-electron chi connectivity index (χ4n) is 2.54. The van der Waals surface area contributed by atoms with Crippen molar-refractivity contribution in [2.24, 2.45) is 0 Å². The molecule has 1 N–H and O–H groups in total. The number of rotatable bonds is 8. The van der Waals surface area contributed by atoms with Gasteiger partial charge < -0.3 is 14.2 Å². The molecular weight excluding hydrogens is 351 g/mol. The van der Waals surface area contributed by atoms with Crippen LogP contribution in [-0.4, -0.2) is 22.3 Å². The highest BCUT2D eigenvalue weighted by molar-refractivity contribution is 7.53. The van der Waals surface area contributed by atoms with Gasteiger partial charge in [-0.25, -0.2) is 0 Å². The molecule has 0 aromatic heterocycles. The second kappa shape index (κ2) is 8.51. The Hall–Kier alpha value is -1.42. The highest BCUT2D eigenvalue weighted by atomic mass is 31.2. The summed E-state index contributed by atoms with van der Waals surface area (Å²) in [6.45, 7) is 14.8. The van der Waals surface area contributed by atoms with E-state index in [1.807, 2.05) is 65.8 Å². The Morgan fingerprint density at radius 1 is 1.12 bits per heavy atom. The summed E-state index contributed by atoms with van der Waals surface area (Å²) >= 11 is 0. The standard InChI is InChI=1S/C20H31O5P/c1-8-16(13-18(21)22)17-11-9-15(10-12-17)14-26(23,24-19(2,3)4)25-20(5,6)7/h8-12,16H,1,13-14H2,2-7H3,(H,21,22)/t16-/m0/s1. The molecule has 0 amide bonds. The Morgan fingerprint density at radius 3 is 1.92 bits per heavy atom. The van der Waals surface area contributed by atoms with Gasteiger partial charge >= 0.3 is 13.6 Å². The molecule has 0 bridgehead atoms. The molecule has 6 heteroatoms. The lowest BCUT2D eigenvalue weighted by Crippen LogP contribution is -2.24. The molecule has 1 atom stereocenters. The molecular formula is C20H31O5P. The van der Waals surface area contributed by atoms with E-state index in [2.05, 4.69) is 6.58 Å². The fourth-order valence-corrected chi connectivity index (χ4v) is 5.03. The molecule has 0 heterocycles. The summed E-state index contributed by atoms with van der Waals surface area (Å²) in [5.41, 5.74) is 0.463. The van der Waals surface area contributed by atoms with Crippen LogP contribution in [0.25, 0.3) is 0 Å². The van der Waals surface area contributed by atoms with Crippen LogP contribution >= 0.6 is 7.60 Å². The Labute approximate surface area is 156 Å². The van der Waals surface area contributed by atoms with E-state index in [9.17, 15) is 9.36 Å². The molecule has 1 rings (SSSR count). The van der Waals surface area contributed by atoms with E-state index in [1.54, 1.807) is 6.08 Å². The third-order valence-electron chi connectivity index (χ3n) is 3.29. The number of benzene rings is 1. The van der Waals surface area contributed by atoms with Crippen molar-refractivity contribution in [1.82, 2.24) is 0 Å². The summed E-state index contributed by atoms with van der Waals surface area (Å²) in [5.74, 6) is -1.13. The number of allylic oxidation sites excluding steroid dienone is 1. The second-order valence-electron chi connectivity index (χ2n) is 8.36. The average molecular weight is 382 g/mol. The van der Waals surface area contributed by atoms with Crippen LogP contribution < -0.4 is 0 Å². The number of carboxylic acid groups (broad SMARTS) is 1. The van der Waals surface area contributed by atoms with Gasteiger partial charge in [0, 0.05) is 5.92 Å². The normalized spacial score (nSPS) is 14.1. The molecule has 0 saturated heterocycles. The van der Waals surface area contributed by atoms with Gasteiger partial charge in [-0.1, -0.05) is 30.3 Å². The smallest absolute Gasteiger partial charge is 0.336 e. The summed E-state index contributed by atoms with van der Waals surface area (Å²) in [6, 6.07) is 7.34. The molecule has 0 unspecified atom stereocenters. The van der Waals surface area contributed by atoms with Gasteiger partial charge in [0.15, 0.2) is 0 Å². The first kappa shape index (κ1) is 22.6. The van der Waals surface area contributed by atoms with Crippen LogP contribution in [0, 0.1) is 0 Å². The van der Waals surface area contributed by atoms with Crippen molar-refractivity contribution < 1.29 is 23.5 Å². The second-order valence-corrected chi connectivity index (χ2v) is 10.3. The largest absolute Gasteiger partial charge is 0.481 e. The zero-order valence-electron chi connectivity index (χ0n) is 16.6. The first-order valence-corrected chi connectivity index (χ1v) is 10.4. The highest BCUT2D eigenvalue weighted by Gasteiger charge is 2.35. The maximum atomic E-state index is 13.3. The third kappa shape index (κ3) is 8.31. The zero-order valence-corrected chi connectivity index (χ0v) is 17.5. The van der Waals surface area contributed by atoms with Crippen molar-refractivity contribution in [3.63, 3.8) is 0 Å². The molecule has 146 valence electrons. The predicted octanol–water partition coefficient (Wildman–Crippen LogP) is 5.75. The zero-order chi connectivity index (χ0) is 20.2. The Kier molecular flexibility index (Phi) is 7.41. The van der Waals surface area contributed by atoms with Crippen molar-refractivity contribution in [3.8, 4) is 0 Å². The van der Waals surface area contributed by atoms with Gasteiger partial charge in [0.2, 0.25) is 0 Å². The van der Waals surface area contributed by atoms with Crippen molar-refractivity contribution in [3.05, 3.63) is 48.0 Å². The SMILES string of the molecule is C=C[C@@H](CC(=O)O)c1ccc(CP(=O)(OC(C)(C)C)OC(C)(C)C)cc1. The molecule has 1 aromatic carbocycles. The van der Waals surface area contributed by atoms with Crippen LogP contribution in [0.15, 0.2) is 36.9 Å². The molecule has 0 fully saturated rings. The Morgan fingerprint density at radius 2 is 1.58 bits per heavy atom. The van der Waals surface area contributed by atoms with Crippen molar-refractivity contribution >= 4 is 13.6 Å². The van der Waals surface area contributed by atoms with E-state index in [4.69, 9.17) is 14.2 Å². The average Bonchev–Trinajstić information content (AvgIpc) is 2.40. The van der Waals surface area contributed by atoms with Gasteiger partial charge in [-0.2, -0.15) is 0 Å². The van der Waals surface area contributed by atoms with Gasteiger partial charge in [0.25, 0.3) is 0 Å². The number of carbonyl (C=O) groups is 1. The van der Waals surface area contributed by atoms with E-state index in [-0.39, 0.29) is 18.5 Å². The van der Waals surface area contributed by atoms with Crippen LogP contribution in [0.2, 0.25) is 0 Å². The minimum Gasteiger partial charge on any atom is -0.481 e. The van der Waals surface area contributed by atoms with Crippen molar-refractivity contribution in [2.45, 2.75) is 71.2 Å². The Bertz CT molecular complexity index is 645. The van der Waals surface area contributed by atoms with Crippen LogP contribution in [0.1, 0.15) is 65.0 Å². The monoisotopic (exact) mass is 382 g/mol. The lowest BCUT2D eigenvalue weighted by Gasteiger charge is -2.32. The summed E-state index contributed by atoms with van der Waals surface area (Å²) in [6.07, 6.45) is 1.76. The maximum Gasteiger partial charge on any atom is 0.336 e. The molecule has 26 heavy (non-hydrogen) atoms. The quantitative estimate of drug-likeness (QED) is 0.457. The number of hydrogen-bond donors (Lipinski definition) is 1. The molecule has 0 aliphatic carbocycles. The third-order valence-corrected chi connectivity index (χ3v) is 5.69. The van der Waals surface area contributed by atoms with Gasteiger partial charge in [0.05, 0.1) is 23.8 Å². The minimum atomic E-state index is -3.37. The number of aliphatic carboxylic acids is 1. The van der Waals surface area contributed by atoms with E-state index in [1.165, 1.54) is 0 Å². The van der Waals surface area contributed by atoms with Gasteiger partial charge in [0.1, 0.15) is 0 Å². The molecule has 0 aliphatic heterocycles. The van der Waals surface area contributed by atoms with Crippen LogP contribution in [0.3, 0.4) is 0 Å². The Balaban J connectivity index is 3.03. The summed E-state index contributed by atoms with van der Waals surface area (Å²) in [5, 5.41) is 8.98. The fraction of sp³-hybridized carbons (Fsp3) is 0.550. The molecule has 0 radical (unpaired) electrons. The van der Waals surface area contributed by atoms with Gasteiger partial charge in [-0.3, -0.25) is 9.36 Å². The van der Waals surface area contributed by atoms with Crippen LogP contribution in [0.4, 0.5) is 0 Å². The number of carboxylic acids is 1. The van der Waals surface area contributed by atoms with Crippen LogP contribution in [0.5, 0.6) is 0 Å². The van der Waals surface area contributed by atoms with E-state index >= 15 is 0 Å². The van der Waals surface area contributed by atoms with Gasteiger partial charge in [-0.15, -0.1) is 6.58 Å². The lowest BCUT2D eigenvalue weighted by atomic mass is 9.95. The van der Waals surface area contributed by atoms with E-state index in [0.717, 1.165) is 11.1 Å². The first-order chi connectivity index (χ1) is 11.7. The molecule has 1 aromatic rings. The summed E-state index contributed by atoms with van der Waals surface area (Å²) in [4.78, 5) is 10.9. The van der Waals surface area contributed by atoms with Crippen LogP contribution in [-0.2, 0) is 24.6 Å².